The van der Waals surface area contributed by atoms with Crippen molar-refractivity contribution in [1.82, 2.24) is 0 Å². The molecule has 0 amide bonds. The van der Waals surface area contributed by atoms with Crippen LogP contribution >= 0.6 is 0 Å². The van der Waals surface area contributed by atoms with Crippen LogP contribution in [0.5, 0.6) is 5.75 Å². The Kier molecular flexibility index (Phi) is 14.5. The Balaban J connectivity index is 2.61. The molecule has 5 heteroatoms. The normalized spacial score (nSPS) is 10.8. The number of benzene rings is 1. The van der Waals surface area contributed by atoms with E-state index < -0.39 is 11.9 Å². The summed E-state index contributed by atoms with van der Waals surface area (Å²) in [6, 6.07) is 6.25. The highest BCUT2D eigenvalue weighted by Crippen LogP contribution is 2.27. The molecule has 0 atom stereocenters. The fourth-order valence-electron chi connectivity index (χ4n) is 3.68. The van der Waals surface area contributed by atoms with E-state index in [2.05, 4.69) is 13.0 Å². The smallest absolute Gasteiger partial charge is 0.303 e. The SMILES string of the molecule is CCCCCCCOc1cccc(CCCCCC(=O)O)c1CCCCCC(=O)O. The molecule has 0 fully saturated rings. The van der Waals surface area contributed by atoms with Crippen molar-refractivity contribution in [2.75, 3.05) is 6.61 Å². The van der Waals surface area contributed by atoms with Crippen LogP contribution in [0.25, 0.3) is 0 Å². The summed E-state index contributed by atoms with van der Waals surface area (Å²) in [6.07, 6.45) is 13.5. The van der Waals surface area contributed by atoms with Gasteiger partial charge < -0.3 is 14.9 Å². The Bertz CT molecular complexity index is 612. The molecular formula is C25H40O5. The Labute approximate surface area is 181 Å². The van der Waals surface area contributed by atoms with Crippen LogP contribution in [0.15, 0.2) is 18.2 Å². The van der Waals surface area contributed by atoms with Gasteiger partial charge in [-0.3, -0.25) is 9.59 Å². The highest BCUT2D eigenvalue weighted by atomic mass is 16.5. The summed E-state index contributed by atoms with van der Waals surface area (Å²) in [5, 5.41) is 17.6. The lowest BCUT2D eigenvalue weighted by molar-refractivity contribution is -0.138. The summed E-state index contributed by atoms with van der Waals surface area (Å²) in [5.74, 6) is -0.498. The Morgan fingerprint density at radius 1 is 0.767 bits per heavy atom. The molecule has 30 heavy (non-hydrogen) atoms. The molecule has 0 heterocycles. The van der Waals surface area contributed by atoms with Crippen molar-refractivity contribution in [3.05, 3.63) is 29.3 Å². The number of unbranched alkanes of at least 4 members (excludes halogenated alkanes) is 8. The molecule has 0 radical (unpaired) electrons. The molecule has 1 rings (SSSR count). The van der Waals surface area contributed by atoms with Crippen molar-refractivity contribution in [2.24, 2.45) is 0 Å². The Hall–Kier alpha value is -2.04. The summed E-state index contributed by atoms with van der Waals surface area (Å²) in [7, 11) is 0. The molecule has 0 spiro atoms. The van der Waals surface area contributed by atoms with Crippen LogP contribution < -0.4 is 4.74 Å². The van der Waals surface area contributed by atoms with Gasteiger partial charge in [0.25, 0.3) is 0 Å². The average Bonchev–Trinajstić information content (AvgIpc) is 2.70. The number of carboxylic acid groups (broad SMARTS) is 2. The second-order valence-corrected chi connectivity index (χ2v) is 8.07. The minimum atomic E-state index is -0.733. The number of carbonyl (C=O) groups is 2. The van der Waals surface area contributed by atoms with Gasteiger partial charge in [0.1, 0.15) is 5.75 Å². The molecule has 1 aromatic carbocycles. The van der Waals surface area contributed by atoms with E-state index in [4.69, 9.17) is 14.9 Å². The highest BCUT2D eigenvalue weighted by molar-refractivity contribution is 5.66. The number of ether oxygens (including phenoxy) is 1. The van der Waals surface area contributed by atoms with E-state index in [1.165, 1.54) is 36.8 Å². The van der Waals surface area contributed by atoms with Crippen LogP contribution in [0.4, 0.5) is 0 Å². The number of aryl methyl sites for hydroxylation is 1. The van der Waals surface area contributed by atoms with E-state index >= 15 is 0 Å². The van der Waals surface area contributed by atoms with Crippen LogP contribution in [-0.2, 0) is 22.4 Å². The summed E-state index contributed by atoms with van der Waals surface area (Å²) < 4.78 is 6.14. The third-order valence-electron chi connectivity index (χ3n) is 5.39. The molecule has 5 nitrogen and oxygen atoms in total. The first-order chi connectivity index (χ1) is 14.5. The second kappa shape index (κ2) is 16.7. The largest absolute Gasteiger partial charge is 0.493 e. The molecule has 0 bridgehead atoms. The van der Waals surface area contributed by atoms with Gasteiger partial charge in [0.2, 0.25) is 0 Å². The monoisotopic (exact) mass is 420 g/mol. The topological polar surface area (TPSA) is 83.8 Å². The predicted octanol–water partition coefficient (Wildman–Crippen LogP) is 6.41. The molecule has 0 saturated heterocycles. The van der Waals surface area contributed by atoms with E-state index in [1.807, 2.05) is 12.1 Å². The summed E-state index contributed by atoms with van der Waals surface area (Å²) in [6.45, 7) is 2.95. The van der Waals surface area contributed by atoms with Crippen LogP contribution in [0, 0.1) is 0 Å². The van der Waals surface area contributed by atoms with E-state index in [0.717, 1.165) is 57.3 Å². The first kappa shape index (κ1) is 26.0. The minimum Gasteiger partial charge on any atom is -0.493 e. The van der Waals surface area contributed by atoms with Crippen molar-refractivity contribution in [2.45, 2.75) is 103 Å². The van der Waals surface area contributed by atoms with Crippen LogP contribution in [0.2, 0.25) is 0 Å². The van der Waals surface area contributed by atoms with Gasteiger partial charge in [-0.05, 0) is 62.1 Å². The van der Waals surface area contributed by atoms with Gasteiger partial charge in [-0.1, -0.05) is 57.6 Å². The van der Waals surface area contributed by atoms with Crippen molar-refractivity contribution in [3.8, 4) is 5.75 Å². The maximum Gasteiger partial charge on any atom is 0.303 e. The number of rotatable bonds is 19. The molecule has 2 N–H and O–H groups in total. The van der Waals surface area contributed by atoms with Crippen LogP contribution in [0.1, 0.15) is 102 Å². The van der Waals surface area contributed by atoms with E-state index in [0.29, 0.717) is 12.8 Å². The van der Waals surface area contributed by atoms with Gasteiger partial charge >= 0.3 is 11.9 Å². The van der Waals surface area contributed by atoms with Crippen LogP contribution in [-0.4, -0.2) is 28.8 Å². The highest BCUT2D eigenvalue weighted by Gasteiger charge is 2.10. The predicted molar refractivity (Wildman–Crippen MR) is 120 cm³/mol. The van der Waals surface area contributed by atoms with E-state index in [-0.39, 0.29) is 12.8 Å². The van der Waals surface area contributed by atoms with Crippen molar-refractivity contribution in [3.63, 3.8) is 0 Å². The lowest BCUT2D eigenvalue weighted by atomic mass is 9.95. The van der Waals surface area contributed by atoms with Crippen molar-refractivity contribution < 1.29 is 24.5 Å². The second-order valence-electron chi connectivity index (χ2n) is 8.07. The molecule has 0 aliphatic heterocycles. The van der Waals surface area contributed by atoms with Gasteiger partial charge in [0, 0.05) is 12.8 Å². The quantitative estimate of drug-likeness (QED) is 0.253. The number of hydrogen-bond donors (Lipinski definition) is 2. The molecule has 0 aliphatic rings. The molecular weight excluding hydrogens is 380 g/mol. The summed E-state index contributed by atoms with van der Waals surface area (Å²) >= 11 is 0. The fraction of sp³-hybridized carbons (Fsp3) is 0.680. The Morgan fingerprint density at radius 3 is 2.00 bits per heavy atom. The zero-order chi connectivity index (χ0) is 22.0. The minimum absolute atomic E-state index is 0.229. The Morgan fingerprint density at radius 2 is 1.37 bits per heavy atom. The lowest BCUT2D eigenvalue weighted by Crippen LogP contribution is -2.04. The van der Waals surface area contributed by atoms with Crippen LogP contribution in [0.3, 0.4) is 0 Å². The molecule has 0 aromatic heterocycles. The molecule has 0 aliphatic carbocycles. The zero-order valence-corrected chi connectivity index (χ0v) is 18.7. The van der Waals surface area contributed by atoms with Crippen molar-refractivity contribution in [1.29, 1.82) is 0 Å². The third kappa shape index (κ3) is 12.5. The van der Waals surface area contributed by atoms with E-state index in [1.54, 1.807) is 0 Å². The molecule has 170 valence electrons. The number of carboxylic acids is 2. The fourth-order valence-corrected chi connectivity index (χ4v) is 3.68. The van der Waals surface area contributed by atoms with Gasteiger partial charge in [-0.25, -0.2) is 0 Å². The van der Waals surface area contributed by atoms with Gasteiger partial charge in [0.15, 0.2) is 0 Å². The first-order valence-electron chi connectivity index (χ1n) is 11.7. The molecule has 1 aromatic rings. The van der Waals surface area contributed by atoms with Gasteiger partial charge in [-0.2, -0.15) is 0 Å². The zero-order valence-electron chi connectivity index (χ0n) is 18.7. The average molecular weight is 421 g/mol. The number of aliphatic carboxylic acids is 2. The number of hydrogen-bond acceptors (Lipinski definition) is 3. The van der Waals surface area contributed by atoms with E-state index in [9.17, 15) is 9.59 Å². The lowest BCUT2D eigenvalue weighted by Gasteiger charge is -2.16. The van der Waals surface area contributed by atoms with Gasteiger partial charge in [-0.15, -0.1) is 0 Å². The van der Waals surface area contributed by atoms with Crippen molar-refractivity contribution >= 4 is 11.9 Å². The van der Waals surface area contributed by atoms with Gasteiger partial charge in [0.05, 0.1) is 6.61 Å². The summed E-state index contributed by atoms with van der Waals surface area (Å²) in [4.78, 5) is 21.4. The maximum absolute atomic E-state index is 10.7. The summed E-state index contributed by atoms with van der Waals surface area (Å²) in [5.41, 5.74) is 2.53. The third-order valence-corrected chi connectivity index (χ3v) is 5.39. The molecule has 0 saturated carbocycles. The first-order valence-corrected chi connectivity index (χ1v) is 11.7. The maximum atomic E-state index is 10.7. The standard InChI is InChI=1S/C25H40O5/c1-2-3-4-5-12-20-30-23-17-13-15-21(14-8-6-10-18-24(26)27)22(23)16-9-7-11-19-25(28)29/h13,15,17H,2-12,14,16,18-20H2,1H3,(H,26,27)(H,28,29). The molecule has 0 unspecified atom stereocenters.